The molecular formula is C18H25NO4. The maximum atomic E-state index is 12.5. The third-order valence-corrected chi connectivity index (χ3v) is 5.26. The first kappa shape index (κ1) is 16.1. The number of carbonyl (C=O) groups is 1. The van der Waals surface area contributed by atoms with Crippen LogP contribution in [0.1, 0.15) is 50.6 Å². The number of methoxy groups -OCH3 is 1. The zero-order valence-corrected chi connectivity index (χ0v) is 13.8. The smallest absolute Gasteiger partial charge is 0.410 e. The van der Waals surface area contributed by atoms with Crippen LogP contribution in [0.15, 0.2) is 24.3 Å². The van der Waals surface area contributed by atoms with Crippen LogP contribution in [0, 0.1) is 0 Å². The van der Waals surface area contributed by atoms with Gasteiger partial charge in [0.05, 0.1) is 19.3 Å². The van der Waals surface area contributed by atoms with Crippen LogP contribution in [-0.2, 0) is 4.74 Å². The van der Waals surface area contributed by atoms with Crippen molar-refractivity contribution >= 4 is 6.09 Å². The summed E-state index contributed by atoms with van der Waals surface area (Å²) in [5.74, 6) is 0.789. The molecule has 2 aliphatic rings. The molecule has 1 aliphatic heterocycles. The van der Waals surface area contributed by atoms with Gasteiger partial charge in [0, 0.05) is 13.0 Å². The van der Waals surface area contributed by atoms with Gasteiger partial charge in [0.2, 0.25) is 0 Å². The van der Waals surface area contributed by atoms with Gasteiger partial charge in [0.15, 0.2) is 0 Å². The van der Waals surface area contributed by atoms with Crippen LogP contribution in [-0.4, -0.2) is 41.5 Å². The molecule has 1 aromatic rings. The van der Waals surface area contributed by atoms with E-state index >= 15 is 0 Å². The lowest BCUT2D eigenvalue weighted by molar-refractivity contribution is -0.0908. The molecule has 1 spiro atoms. The first-order valence-electron chi connectivity index (χ1n) is 8.35. The lowest BCUT2D eigenvalue weighted by Crippen LogP contribution is -2.52. The van der Waals surface area contributed by atoms with E-state index in [1.54, 1.807) is 12.0 Å². The average molecular weight is 319 g/mol. The number of rotatable bonds is 3. The standard InChI is InChI=1S/C18H25NO4/c1-13(14-4-3-5-16(12-14)22-2)19-11-10-18(23-17(19)21)8-6-15(20)7-9-18/h3-5,12-13,15,20H,6-11H2,1-2H3/t13-,15-,18-/m0/s1. The van der Waals surface area contributed by atoms with E-state index in [0.717, 1.165) is 43.4 Å². The van der Waals surface area contributed by atoms with Crippen LogP contribution < -0.4 is 4.74 Å². The van der Waals surface area contributed by atoms with E-state index in [1.165, 1.54) is 0 Å². The maximum absolute atomic E-state index is 12.5. The molecule has 0 aromatic heterocycles. The minimum atomic E-state index is -0.360. The van der Waals surface area contributed by atoms with Crippen molar-refractivity contribution in [1.29, 1.82) is 0 Å². The molecule has 1 saturated carbocycles. The van der Waals surface area contributed by atoms with Gasteiger partial charge in [-0.25, -0.2) is 4.79 Å². The largest absolute Gasteiger partial charge is 0.497 e. The Morgan fingerprint density at radius 3 is 2.74 bits per heavy atom. The lowest BCUT2D eigenvalue weighted by atomic mass is 9.80. The molecule has 1 heterocycles. The fraction of sp³-hybridized carbons (Fsp3) is 0.611. The lowest BCUT2D eigenvalue weighted by Gasteiger charge is -2.45. The van der Waals surface area contributed by atoms with Gasteiger partial charge >= 0.3 is 6.09 Å². The van der Waals surface area contributed by atoms with Gasteiger partial charge in [-0.3, -0.25) is 0 Å². The Hall–Kier alpha value is -1.75. The van der Waals surface area contributed by atoms with E-state index in [2.05, 4.69) is 0 Å². The number of carbonyl (C=O) groups excluding carboxylic acids is 1. The van der Waals surface area contributed by atoms with Gasteiger partial charge in [-0.1, -0.05) is 12.1 Å². The van der Waals surface area contributed by atoms with Gasteiger partial charge < -0.3 is 19.5 Å². The van der Waals surface area contributed by atoms with Gasteiger partial charge in [-0.05, 0) is 50.3 Å². The number of aliphatic hydroxyl groups excluding tert-OH is 1. The SMILES string of the molecule is COc1cccc([C@H](C)N2CC[C@]3(CC[C@@H](O)CC3)OC2=O)c1. The second kappa shape index (κ2) is 6.40. The van der Waals surface area contributed by atoms with Gasteiger partial charge in [0.25, 0.3) is 0 Å². The fourth-order valence-electron chi connectivity index (χ4n) is 3.62. The van der Waals surface area contributed by atoms with Crippen molar-refractivity contribution in [3.8, 4) is 5.75 Å². The molecule has 2 fully saturated rings. The van der Waals surface area contributed by atoms with E-state index < -0.39 is 0 Å². The Bertz CT molecular complexity index is 566. The number of aliphatic hydroxyl groups is 1. The number of nitrogens with zero attached hydrogens (tertiary/aromatic N) is 1. The van der Waals surface area contributed by atoms with Crippen molar-refractivity contribution in [3.05, 3.63) is 29.8 Å². The highest BCUT2D eigenvalue weighted by atomic mass is 16.6. The second-order valence-corrected chi connectivity index (χ2v) is 6.68. The van der Waals surface area contributed by atoms with Crippen molar-refractivity contribution in [2.45, 2.75) is 56.8 Å². The third-order valence-electron chi connectivity index (χ3n) is 5.26. The topological polar surface area (TPSA) is 59.0 Å². The number of ether oxygens (including phenoxy) is 2. The van der Waals surface area contributed by atoms with Gasteiger partial charge in [0.1, 0.15) is 11.4 Å². The Labute approximate surface area is 137 Å². The van der Waals surface area contributed by atoms with Crippen LogP contribution in [0.3, 0.4) is 0 Å². The summed E-state index contributed by atoms with van der Waals surface area (Å²) in [6, 6.07) is 7.74. The van der Waals surface area contributed by atoms with Crippen LogP contribution in [0.2, 0.25) is 0 Å². The third kappa shape index (κ3) is 3.29. The average Bonchev–Trinajstić information content (AvgIpc) is 2.57. The number of hydrogen-bond donors (Lipinski definition) is 1. The van der Waals surface area contributed by atoms with E-state index in [-0.39, 0.29) is 23.8 Å². The molecule has 1 saturated heterocycles. The van der Waals surface area contributed by atoms with Crippen molar-refractivity contribution in [1.82, 2.24) is 4.90 Å². The van der Waals surface area contributed by atoms with Crippen LogP contribution in [0.4, 0.5) is 4.79 Å². The highest BCUT2D eigenvalue weighted by Gasteiger charge is 2.44. The van der Waals surface area contributed by atoms with E-state index in [9.17, 15) is 9.90 Å². The molecule has 23 heavy (non-hydrogen) atoms. The molecule has 1 amide bonds. The van der Waals surface area contributed by atoms with Crippen LogP contribution in [0.25, 0.3) is 0 Å². The van der Waals surface area contributed by atoms with Crippen molar-refractivity contribution in [2.24, 2.45) is 0 Å². The minimum absolute atomic E-state index is 0.0517. The summed E-state index contributed by atoms with van der Waals surface area (Å²) >= 11 is 0. The summed E-state index contributed by atoms with van der Waals surface area (Å²) in [5.41, 5.74) is 0.678. The molecule has 5 heteroatoms. The summed E-state index contributed by atoms with van der Waals surface area (Å²) in [7, 11) is 1.64. The first-order valence-corrected chi connectivity index (χ1v) is 8.35. The molecule has 5 nitrogen and oxygen atoms in total. The Morgan fingerprint density at radius 2 is 2.09 bits per heavy atom. The molecule has 0 radical (unpaired) electrons. The van der Waals surface area contributed by atoms with E-state index in [1.807, 2.05) is 31.2 Å². The Morgan fingerprint density at radius 1 is 1.35 bits per heavy atom. The molecule has 0 bridgehead atoms. The number of hydrogen-bond acceptors (Lipinski definition) is 4. The molecule has 0 unspecified atom stereocenters. The molecule has 1 aliphatic carbocycles. The van der Waals surface area contributed by atoms with E-state index in [4.69, 9.17) is 9.47 Å². The summed E-state index contributed by atoms with van der Waals surface area (Å²) in [5, 5.41) is 9.66. The molecule has 1 aromatic carbocycles. The van der Waals surface area contributed by atoms with E-state index in [0.29, 0.717) is 6.54 Å². The van der Waals surface area contributed by atoms with Gasteiger partial charge in [-0.2, -0.15) is 0 Å². The van der Waals surface area contributed by atoms with Crippen molar-refractivity contribution < 1.29 is 19.4 Å². The van der Waals surface area contributed by atoms with Crippen LogP contribution >= 0.6 is 0 Å². The maximum Gasteiger partial charge on any atom is 0.410 e. The Kier molecular flexibility index (Phi) is 4.48. The predicted octanol–water partition coefficient (Wildman–Crippen LogP) is 3.27. The van der Waals surface area contributed by atoms with Gasteiger partial charge in [-0.15, -0.1) is 0 Å². The highest BCUT2D eigenvalue weighted by molar-refractivity contribution is 5.70. The number of benzene rings is 1. The summed E-state index contributed by atoms with van der Waals surface area (Å²) < 4.78 is 11.1. The summed E-state index contributed by atoms with van der Waals surface area (Å²) in [6.45, 7) is 2.70. The molecule has 1 atom stereocenters. The molecular weight excluding hydrogens is 294 g/mol. The number of amides is 1. The van der Waals surface area contributed by atoms with Crippen LogP contribution in [0.5, 0.6) is 5.75 Å². The van der Waals surface area contributed by atoms with Crippen molar-refractivity contribution in [2.75, 3.05) is 13.7 Å². The summed E-state index contributed by atoms with van der Waals surface area (Å²) in [4.78, 5) is 14.3. The summed E-state index contributed by atoms with van der Waals surface area (Å²) in [6.07, 6.45) is 3.32. The molecule has 1 N–H and O–H groups in total. The zero-order valence-electron chi connectivity index (χ0n) is 13.8. The Balaban J connectivity index is 1.69. The highest BCUT2D eigenvalue weighted by Crippen LogP contribution is 2.39. The fourth-order valence-corrected chi connectivity index (χ4v) is 3.62. The normalized spacial score (nSPS) is 29.3. The second-order valence-electron chi connectivity index (χ2n) is 6.68. The first-order chi connectivity index (χ1) is 11.0. The molecule has 3 rings (SSSR count). The zero-order chi connectivity index (χ0) is 16.4. The predicted molar refractivity (Wildman–Crippen MR) is 86.4 cm³/mol. The molecule has 126 valence electrons. The van der Waals surface area contributed by atoms with Crippen molar-refractivity contribution in [3.63, 3.8) is 0 Å². The quantitative estimate of drug-likeness (QED) is 0.929. The monoisotopic (exact) mass is 319 g/mol. The minimum Gasteiger partial charge on any atom is -0.497 e.